The molecule has 2 fully saturated rings. The van der Waals surface area contributed by atoms with E-state index in [4.69, 9.17) is 16.3 Å². The number of hydrogen-bond donors (Lipinski definition) is 1. The lowest BCUT2D eigenvalue weighted by molar-refractivity contribution is -0.122. The van der Waals surface area contributed by atoms with Crippen LogP contribution >= 0.6 is 11.6 Å². The topological polar surface area (TPSA) is 75.7 Å². The Kier molecular flexibility index (Phi) is 7.14. The molecular weight excluding hydrogens is 388 g/mol. The van der Waals surface area contributed by atoms with Gasteiger partial charge in [-0.25, -0.2) is 8.42 Å². The van der Waals surface area contributed by atoms with Gasteiger partial charge in [-0.05, 0) is 49.9 Å². The molecule has 27 heavy (non-hydrogen) atoms. The molecule has 1 saturated heterocycles. The van der Waals surface area contributed by atoms with Crippen molar-refractivity contribution in [2.45, 2.75) is 62.0 Å². The fourth-order valence-corrected chi connectivity index (χ4v) is 5.52. The predicted molar refractivity (Wildman–Crippen MR) is 104 cm³/mol. The monoisotopic (exact) mass is 414 g/mol. The number of hydrogen-bond acceptors (Lipinski definition) is 4. The van der Waals surface area contributed by atoms with E-state index in [-0.39, 0.29) is 29.5 Å². The largest absolute Gasteiger partial charge is 0.376 e. The van der Waals surface area contributed by atoms with Crippen molar-refractivity contribution in [1.29, 1.82) is 0 Å². The standard InChI is InChI=1S/C19H27ClN2O4S/c20-15-8-10-18(11-9-15)27(24,25)22(16-5-2-1-3-6-16)14-19(23)21-13-17-7-4-12-26-17/h8-11,16-17H,1-7,12-14H2,(H,21,23)/t17-/m1/s1. The first-order chi connectivity index (χ1) is 13.0. The molecule has 1 saturated carbocycles. The molecule has 1 amide bonds. The van der Waals surface area contributed by atoms with Crippen LogP contribution in [0.25, 0.3) is 0 Å². The van der Waals surface area contributed by atoms with Crippen LogP contribution in [0.3, 0.4) is 0 Å². The smallest absolute Gasteiger partial charge is 0.243 e. The number of benzene rings is 1. The summed E-state index contributed by atoms with van der Waals surface area (Å²) < 4.78 is 33.3. The highest BCUT2D eigenvalue weighted by Crippen LogP contribution is 2.28. The first-order valence-electron chi connectivity index (χ1n) is 9.62. The Balaban J connectivity index is 1.73. The molecule has 3 rings (SSSR count). The van der Waals surface area contributed by atoms with Gasteiger partial charge in [0.2, 0.25) is 15.9 Å². The minimum absolute atomic E-state index is 0.0324. The van der Waals surface area contributed by atoms with Crippen LogP contribution < -0.4 is 5.32 Å². The van der Waals surface area contributed by atoms with E-state index < -0.39 is 10.0 Å². The first kappa shape index (κ1) is 20.6. The molecule has 1 aromatic rings. The average Bonchev–Trinajstić information content (AvgIpc) is 3.19. The van der Waals surface area contributed by atoms with Crippen LogP contribution in [0, 0.1) is 0 Å². The molecule has 1 aliphatic carbocycles. The van der Waals surface area contributed by atoms with Crippen LogP contribution in [-0.4, -0.2) is 50.5 Å². The number of amides is 1. The fourth-order valence-electron chi connectivity index (χ4n) is 3.75. The normalized spacial score (nSPS) is 21.5. The molecule has 8 heteroatoms. The van der Waals surface area contributed by atoms with Gasteiger partial charge in [0, 0.05) is 24.2 Å². The second-order valence-corrected chi connectivity index (χ2v) is 9.56. The summed E-state index contributed by atoms with van der Waals surface area (Å²) in [6.45, 7) is 0.986. The summed E-state index contributed by atoms with van der Waals surface area (Å²) in [4.78, 5) is 12.7. The van der Waals surface area contributed by atoms with Crippen LogP contribution in [0.2, 0.25) is 5.02 Å². The van der Waals surface area contributed by atoms with Crippen LogP contribution in [0.5, 0.6) is 0 Å². The SMILES string of the molecule is O=C(CN(C1CCCCC1)S(=O)(=O)c1ccc(Cl)cc1)NC[C@H]1CCCO1. The van der Waals surface area contributed by atoms with E-state index in [9.17, 15) is 13.2 Å². The van der Waals surface area contributed by atoms with Gasteiger partial charge in [0.15, 0.2) is 0 Å². The summed E-state index contributed by atoms with van der Waals surface area (Å²) in [5, 5.41) is 3.31. The number of rotatable bonds is 7. The molecule has 0 unspecified atom stereocenters. The number of carbonyl (C=O) groups excluding carboxylic acids is 1. The number of carbonyl (C=O) groups is 1. The molecular formula is C19H27ClN2O4S. The third-order valence-electron chi connectivity index (χ3n) is 5.25. The quantitative estimate of drug-likeness (QED) is 0.744. The molecule has 150 valence electrons. The molecule has 0 radical (unpaired) electrons. The second-order valence-electron chi connectivity index (χ2n) is 7.24. The molecule has 1 aliphatic heterocycles. The summed E-state index contributed by atoms with van der Waals surface area (Å²) in [7, 11) is -3.77. The second kappa shape index (κ2) is 9.37. The Bertz CT molecular complexity index is 727. The summed E-state index contributed by atoms with van der Waals surface area (Å²) in [5.74, 6) is -0.284. The van der Waals surface area contributed by atoms with E-state index in [1.54, 1.807) is 12.1 Å². The zero-order valence-electron chi connectivity index (χ0n) is 15.4. The van der Waals surface area contributed by atoms with Crippen molar-refractivity contribution in [1.82, 2.24) is 9.62 Å². The molecule has 0 spiro atoms. The zero-order valence-corrected chi connectivity index (χ0v) is 17.0. The minimum atomic E-state index is -3.77. The van der Waals surface area contributed by atoms with E-state index in [0.29, 0.717) is 11.6 Å². The molecule has 1 heterocycles. The summed E-state index contributed by atoms with van der Waals surface area (Å²) in [6, 6.07) is 5.97. The maximum absolute atomic E-state index is 13.2. The lowest BCUT2D eigenvalue weighted by atomic mass is 9.95. The molecule has 1 aromatic carbocycles. The van der Waals surface area contributed by atoms with Crippen molar-refractivity contribution in [3.8, 4) is 0 Å². The van der Waals surface area contributed by atoms with Crippen molar-refractivity contribution >= 4 is 27.5 Å². The molecule has 6 nitrogen and oxygen atoms in total. The number of nitrogens with one attached hydrogen (secondary N) is 1. The van der Waals surface area contributed by atoms with Gasteiger partial charge in [0.1, 0.15) is 0 Å². The third-order valence-corrected chi connectivity index (χ3v) is 7.42. The van der Waals surface area contributed by atoms with Gasteiger partial charge in [-0.1, -0.05) is 30.9 Å². The summed E-state index contributed by atoms with van der Waals surface area (Å²) in [5.41, 5.74) is 0. The van der Waals surface area contributed by atoms with Crippen molar-refractivity contribution < 1.29 is 17.9 Å². The average molecular weight is 415 g/mol. The van der Waals surface area contributed by atoms with Gasteiger partial charge >= 0.3 is 0 Å². The minimum Gasteiger partial charge on any atom is -0.376 e. The number of halogens is 1. The predicted octanol–water partition coefficient (Wildman–Crippen LogP) is 2.96. The van der Waals surface area contributed by atoms with Crippen molar-refractivity contribution in [3.05, 3.63) is 29.3 Å². The van der Waals surface area contributed by atoms with E-state index in [1.165, 1.54) is 16.4 Å². The maximum Gasteiger partial charge on any atom is 0.243 e. The Morgan fingerprint density at radius 1 is 1.11 bits per heavy atom. The molecule has 0 bridgehead atoms. The van der Waals surface area contributed by atoms with Gasteiger partial charge in [-0.3, -0.25) is 4.79 Å². The van der Waals surface area contributed by atoms with E-state index in [1.807, 2.05) is 0 Å². The molecule has 0 aromatic heterocycles. The highest BCUT2D eigenvalue weighted by atomic mass is 35.5. The van der Waals surface area contributed by atoms with Gasteiger partial charge in [0.05, 0.1) is 17.5 Å². The van der Waals surface area contributed by atoms with Crippen molar-refractivity contribution in [2.75, 3.05) is 19.7 Å². The Morgan fingerprint density at radius 3 is 2.44 bits per heavy atom. The maximum atomic E-state index is 13.2. The van der Waals surface area contributed by atoms with Crippen LogP contribution in [0.15, 0.2) is 29.2 Å². The molecule has 1 N–H and O–H groups in total. The van der Waals surface area contributed by atoms with Crippen LogP contribution in [0.1, 0.15) is 44.9 Å². The van der Waals surface area contributed by atoms with Crippen molar-refractivity contribution in [3.63, 3.8) is 0 Å². The Labute approximate surface area is 166 Å². The highest BCUT2D eigenvalue weighted by Gasteiger charge is 2.34. The molecule has 2 aliphatic rings. The fraction of sp³-hybridized carbons (Fsp3) is 0.632. The first-order valence-corrected chi connectivity index (χ1v) is 11.4. The zero-order chi connectivity index (χ0) is 19.3. The number of sulfonamides is 1. The summed E-state index contributed by atoms with van der Waals surface area (Å²) >= 11 is 5.89. The Hall–Kier alpha value is -1.15. The Morgan fingerprint density at radius 2 is 1.81 bits per heavy atom. The highest BCUT2D eigenvalue weighted by molar-refractivity contribution is 7.89. The van der Waals surface area contributed by atoms with Crippen molar-refractivity contribution in [2.24, 2.45) is 0 Å². The van der Waals surface area contributed by atoms with Gasteiger partial charge in [0.25, 0.3) is 0 Å². The number of nitrogens with zero attached hydrogens (tertiary/aromatic N) is 1. The number of ether oxygens (including phenoxy) is 1. The lowest BCUT2D eigenvalue weighted by Crippen LogP contribution is -2.47. The van der Waals surface area contributed by atoms with Crippen LogP contribution in [0.4, 0.5) is 0 Å². The lowest BCUT2D eigenvalue weighted by Gasteiger charge is -2.33. The van der Waals surface area contributed by atoms with Crippen LogP contribution in [-0.2, 0) is 19.6 Å². The van der Waals surface area contributed by atoms with Gasteiger partial charge < -0.3 is 10.1 Å². The molecule has 1 atom stereocenters. The van der Waals surface area contributed by atoms with Gasteiger partial charge in [-0.15, -0.1) is 0 Å². The third kappa shape index (κ3) is 5.44. The van der Waals surface area contributed by atoms with Gasteiger partial charge in [-0.2, -0.15) is 4.31 Å². The van der Waals surface area contributed by atoms with E-state index in [2.05, 4.69) is 5.32 Å². The van der Waals surface area contributed by atoms with E-state index >= 15 is 0 Å². The van der Waals surface area contributed by atoms with E-state index in [0.717, 1.165) is 51.6 Å². The summed E-state index contributed by atoms with van der Waals surface area (Å²) in [6.07, 6.45) is 6.60.